The fourth-order valence-electron chi connectivity index (χ4n) is 4.94. The van der Waals surface area contributed by atoms with Crippen LogP contribution in [0.5, 0.6) is 11.5 Å². The van der Waals surface area contributed by atoms with Crippen molar-refractivity contribution >= 4 is 22.4 Å². The Morgan fingerprint density at radius 3 is 2.15 bits per heavy atom. The van der Waals surface area contributed by atoms with Crippen LogP contribution in [0.15, 0.2) is 73.3 Å². The first kappa shape index (κ1) is 27.7. The van der Waals surface area contributed by atoms with Gasteiger partial charge in [-0.05, 0) is 83.3 Å². The molecule has 1 saturated carbocycles. The highest BCUT2D eigenvalue weighted by Gasteiger charge is 2.27. The zero-order valence-corrected chi connectivity index (χ0v) is 22.6. The summed E-state index contributed by atoms with van der Waals surface area (Å²) >= 11 is 0. The van der Waals surface area contributed by atoms with E-state index in [1.54, 1.807) is 33.3 Å². The van der Waals surface area contributed by atoms with Crippen LogP contribution >= 0.6 is 0 Å². The number of carboxylic acid groups (broad SMARTS) is 1. The minimum atomic E-state index is -0.785. The summed E-state index contributed by atoms with van der Waals surface area (Å²) in [5.74, 6) is 1.13. The van der Waals surface area contributed by atoms with Crippen LogP contribution in [0.3, 0.4) is 0 Å². The predicted octanol–water partition coefficient (Wildman–Crippen LogP) is 7.48. The molecular formula is C33H34FNO4. The van der Waals surface area contributed by atoms with E-state index in [1.165, 1.54) is 24.5 Å². The third kappa shape index (κ3) is 6.23. The predicted molar refractivity (Wildman–Crippen MR) is 155 cm³/mol. The van der Waals surface area contributed by atoms with Crippen LogP contribution in [0, 0.1) is 12.7 Å². The molecule has 5 rings (SSSR count). The number of methoxy groups -OCH3 is 2. The molecule has 4 aromatic rings. The number of benzene rings is 4. The maximum atomic E-state index is 13.0. The molecule has 3 N–H and O–H groups in total. The summed E-state index contributed by atoms with van der Waals surface area (Å²) < 4.78 is 24.5. The lowest BCUT2D eigenvalue weighted by atomic mass is 9.92. The highest BCUT2D eigenvalue weighted by molar-refractivity contribution is 6.01. The van der Waals surface area contributed by atoms with Gasteiger partial charge in [0.05, 0.1) is 19.8 Å². The van der Waals surface area contributed by atoms with E-state index in [2.05, 4.69) is 30.8 Å². The van der Waals surface area contributed by atoms with Gasteiger partial charge < -0.3 is 20.3 Å². The van der Waals surface area contributed by atoms with Crippen molar-refractivity contribution in [3.63, 3.8) is 0 Å². The van der Waals surface area contributed by atoms with E-state index in [4.69, 9.17) is 20.3 Å². The van der Waals surface area contributed by atoms with Gasteiger partial charge in [-0.2, -0.15) is 0 Å². The largest absolute Gasteiger partial charge is 0.496 e. The fourth-order valence-corrected chi connectivity index (χ4v) is 4.94. The number of carboxylic acids is 1. The van der Waals surface area contributed by atoms with Gasteiger partial charge in [-0.25, -0.2) is 4.39 Å². The lowest BCUT2D eigenvalue weighted by molar-refractivity contribution is -0.136. The molecule has 0 atom stereocenters. The normalized spacial score (nSPS) is 12.4. The van der Waals surface area contributed by atoms with Gasteiger partial charge in [0.25, 0.3) is 0 Å². The summed E-state index contributed by atoms with van der Waals surface area (Å²) in [6.07, 6.45) is 3.05. The third-order valence-electron chi connectivity index (χ3n) is 7.01. The topological polar surface area (TPSA) is 81.8 Å². The SMILES string of the molecule is C=C(N)c1c(C)cccc1F.COc1cc(C2CC2)cc(OC)c1-c1cccc2c(CCC(=O)O)cccc12. The molecule has 202 valence electrons. The van der Waals surface area contributed by atoms with Crippen molar-refractivity contribution in [2.45, 2.75) is 38.5 Å². The van der Waals surface area contributed by atoms with E-state index in [1.807, 2.05) is 24.3 Å². The molecule has 1 aliphatic rings. The lowest BCUT2D eigenvalue weighted by Crippen LogP contribution is -1.99. The van der Waals surface area contributed by atoms with Crippen molar-refractivity contribution in [1.82, 2.24) is 0 Å². The molecule has 0 radical (unpaired) electrons. The van der Waals surface area contributed by atoms with Crippen LogP contribution in [0.2, 0.25) is 0 Å². The monoisotopic (exact) mass is 527 g/mol. The average Bonchev–Trinajstić information content (AvgIpc) is 3.76. The molecule has 0 aromatic heterocycles. The van der Waals surface area contributed by atoms with E-state index in [0.29, 0.717) is 17.9 Å². The fraction of sp³-hybridized carbons (Fsp3) is 0.242. The van der Waals surface area contributed by atoms with E-state index in [0.717, 1.165) is 44.5 Å². The van der Waals surface area contributed by atoms with Crippen LogP contribution in [0.25, 0.3) is 27.6 Å². The number of aliphatic carboxylic acids is 1. The van der Waals surface area contributed by atoms with E-state index in [-0.39, 0.29) is 17.9 Å². The highest BCUT2D eigenvalue weighted by atomic mass is 19.1. The molecule has 0 aliphatic heterocycles. The Morgan fingerprint density at radius 1 is 1.00 bits per heavy atom. The first-order valence-electron chi connectivity index (χ1n) is 12.9. The van der Waals surface area contributed by atoms with Gasteiger partial charge in [0.2, 0.25) is 0 Å². The summed E-state index contributed by atoms with van der Waals surface area (Å²) in [6.45, 7) is 5.29. The molecule has 1 aliphatic carbocycles. The van der Waals surface area contributed by atoms with Crippen molar-refractivity contribution < 1.29 is 23.8 Å². The molecule has 0 unspecified atom stereocenters. The molecule has 0 amide bonds. The number of carbonyl (C=O) groups is 1. The van der Waals surface area contributed by atoms with Gasteiger partial charge in [-0.1, -0.05) is 55.1 Å². The van der Waals surface area contributed by atoms with Crippen LogP contribution < -0.4 is 15.2 Å². The maximum Gasteiger partial charge on any atom is 0.303 e. The number of nitrogens with two attached hydrogens (primary N) is 1. The number of hydrogen-bond donors (Lipinski definition) is 2. The highest BCUT2D eigenvalue weighted by Crippen LogP contribution is 2.48. The van der Waals surface area contributed by atoms with Crippen LogP contribution in [0.4, 0.5) is 4.39 Å². The summed E-state index contributed by atoms with van der Waals surface area (Å²) in [6, 6.07) is 21.3. The Kier molecular flexibility index (Phi) is 8.55. The third-order valence-corrected chi connectivity index (χ3v) is 7.01. The molecule has 0 heterocycles. The molecule has 4 aromatic carbocycles. The second-order valence-corrected chi connectivity index (χ2v) is 9.74. The number of rotatable bonds is 8. The molecule has 0 spiro atoms. The van der Waals surface area contributed by atoms with Crippen molar-refractivity contribution in [2.24, 2.45) is 5.73 Å². The van der Waals surface area contributed by atoms with Crippen LogP contribution in [0.1, 0.15) is 47.4 Å². The Bertz CT molecular complexity index is 1480. The van der Waals surface area contributed by atoms with Gasteiger partial charge in [-0.3, -0.25) is 4.79 Å². The van der Waals surface area contributed by atoms with Gasteiger partial charge in [0.1, 0.15) is 17.3 Å². The molecule has 6 heteroatoms. The molecule has 0 saturated heterocycles. The number of ether oxygens (including phenoxy) is 2. The lowest BCUT2D eigenvalue weighted by Gasteiger charge is -2.18. The number of fused-ring (bicyclic) bond motifs is 1. The Morgan fingerprint density at radius 2 is 1.62 bits per heavy atom. The summed E-state index contributed by atoms with van der Waals surface area (Å²) in [5, 5.41) is 11.2. The van der Waals surface area contributed by atoms with E-state index < -0.39 is 5.97 Å². The molecule has 5 nitrogen and oxygen atoms in total. The van der Waals surface area contributed by atoms with Crippen LogP contribution in [-0.2, 0) is 11.2 Å². The molecular weight excluding hydrogens is 493 g/mol. The van der Waals surface area contributed by atoms with Gasteiger partial charge in [-0.15, -0.1) is 0 Å². The van der Waals surface area contributed by atoms with E-state index >= 15 is 0 Å². The van der Waals surface area contributed by atoms with Crippen molar-refractivity contribution in [2.75, 3.05) is 14.2 Å². The summed E-state index contributed by atoms with van der Waals surface area (Å²) in [7, 11) is 3.39. The first-order valence-corrected chi connectivity index (χ1v) is 12.9. The molecule has 0 bridgehead atoms. The van der Waals surface area contributed by atoms with Gasteiger partial charge >= 0.3 is 5.97 Å². The van der Waals surface area contributed by atoms with Gasteiger partial charge in [0, 0.05) is 17.7 Å². The molecule has 39 heavy (non-hydrogen) atoms. The Balaban J connectivity index is 0.000000270. The average molecular weight is 528 g/mol. The smallest absolute Gasteiger partial charge is 0.303 e. The molecule has 1 fully saturated rings. The summed E-state index contributed by atoms with van der Waals surface area (Å²) in [4.78, 5) is 11.0. The summed E-state index contributed by atoms with van der Waals surface area (Å²) in [5.41, 5.74) is 11.2. The zero-order valence-electron chi connectivity index (χ0n) is 22.6. The van der Waals surface area contributed by atoms with Gasteiger partial charge in [0.15, 0.2) is 0 Å². The second kappa shape index (κ2) is 12.0. The number of aryl methyl sites for hydroxylation is 2. The standard InChI is InChI=1S/C24H24O4.C9H10FN/c1-27-21-13-17(15-9-10-15)14-22(28-2)24(21)20-8-4-6-18-16(11-12-23(25)26)5-3-7-19(18)20;1-6-4-3-5-8(10)9(6)7(2)11/h3-8,13-15H,9-12H2,1-2H3,(H,25,26);3-5H,2,11H2,1H3. The Hall–Kier alpha value is -4.32. The minimum absolute atomic E-state index is 0.117. The van der Waals surface area contributed by atoms with Crippen molar-refractivity contribution in [3.8, 4) is 22.6 Å². The van der Waals surface area contributed by atoms with E-state index in [9.17, 15) is 9.18 Å². The van der Waals surface area contributed by atoms with Crippen LogP contribution in [-0.4, -0.2) is 25.3 Å². The zero-order chi connectivity index (χ0) is 28.1. The quantitative estimate of drug-likeness (QED) is 0.248. The second-order valence-electron chi connectivity index (χ2n) is 9.74. The minimum Gasteiger partial charge on any atom is -0.496 e. The van der Waals surface area contributed by atoms with Crippen molar-refractivity contribution in [1.29, 1.82) is 0 Å². The first-order chi connectivity index (χ1) is 18.7. The number of hydrogen-bond acceptors (Lipinski definition) is 4. The maximum absolute atomic E-state index is 13.0. The number of halogens is 1. The Labute approximate surface area is 228 Å². The van der Waals surface area contributed by atoms with Crippen molar-refractivity contribution in [3.05, 3.63) is 101 Å².